The van der Waals surface area contributed by atoms with E-state index in [1.165, 1.54) is 0 Å². The summed E-state index contributed by atoms with van der Waals surface area (Å²) in [6.07, 6.45) is 1.63. The maximum Gasteiger partial charge on any atom is 0.315 e. The van der Waals surface area contributed by atoms with Gasteiger partial charge in [0, 0.05) is 30.9 Å². The molecule has 2 aromatic rings. The summed E-state index contributed by atoms with van der Waals surface area (Å²) in [6.45, 7) is 0.651. The smallest absolute Gasteiger partial charge is 0.315 e. The summed E-state index contributed by atoms with van der Waals surface area (Å²) < 4.78 is 4.97. The van der Waals surface area contributed by atoms with Crippen LogP contribution in [-0.4, -0.2) is 24.0 Å². The van der Waals surface area contributed by atoms with Gasteiger partial charge in [-0.25, -0.2) is 9.78 Å². The van der Waals surface area contributed by atoms with E-state index in [9.17, 15) is 9.59 Å². The average Bonchev–Trinajstić information content (AvgIpc) is 2.58. The van der Waals surface area contributed by atoms with Gasteiger partial charge in [0.15, 0.2) is 0 Å². The molecule has 0 spiro atoms. The molecule has 0 fully saturated rings. The first-order chi connectivity index (χ1) is 11.1. The highest BCUT2D eigenvalue weighted by Gasteiger charge is 2.04. The number of urea groups is 1. The summed E-state index contributed by atoms with van der Waals surface area (Å²) in [7, 11) is 1.54. The van der Waals surface area contributed by atoms with Gasteiger partial charge in [0.25, 0.3) is 0 Å². The van der Waals surface area contributed by atoms with Gasteiger partial charge in [-0.05, 0) is 23.3 Å². The number of pyridine rings is 1. The van der Waals surface area contributed by atoms with Crippen molar-refractivity contribution < 1.29 is 14.3 Å². The first-order valence-electron chi connectivity index (χ1n) is 6.98. The molecule has 7 nitrogen and oxygen atoms in total. The van der Waals surface area contributed by atoms with E-state index in [2.05, 4.69) is 15.6 Å². The maximum atomic E-state index is 11.8. The van der Waals surface area contributed by atoms with Gasteiger partial charge in [-0.15, -0.1) is 0 Å². The summed E-state index contributed by atoms with van der Waals surface area (Å²) in [5.74, 6) is 0.0239. The molecule has 0 aliphatic rings. The van der Waals surface area contributed by atoms with Gasteiger partial charge in [-0.1, -0.05) is 18.2 Å². The fraction of sp³-hybridized carbons (Fsp3) is 0.188. The third-order valence-electron chi connectivity index (χ3n) is 3.12. The van der Waals surface area contributed by atoms with Crippen LogP contribution in [0.15, 0.2) is 42.6 Å². The Balaban J connectivity index is 1.80. The first-order valence-corrected chi connectivity index (χ1v) is 6.98. The third kappa shape index (κ3) is 4.99. The normalized spacial score (nSPS) is 9.96. The van der Waals surface area contributed by atoms with E-state index in [0.717, 1.165) is 11.1 Å². The summed E-state index contributed by atoms with van der Waals surface area (Å²) in [5.41, 5.74) is 7.28. The molecule has 0 aliphatic heterocycles. The van der Waals surface area contributed by atoms with Crippen LogP contribution in [0, 0.1) is 0 Å². The monoisotopic (exact) mass is 314 g/mol. The van der Waals surface area contributed by atoms with Crippen molar-refractivity contribution in [2.24, 2.45) is 5.73 Å². The van der Waals surface area contributed by atoms with E-state index < -0.39 is 5.91 Å². The number of hydrogen-bond donors (Lipinski definition) is 3. The number of nitrogens with two attached hydrogens (primary N) is 1. The van der Waals surface area contributed by atoms with Crippen molar-refractivity contribution in [2.45, 2.75) is 13.1 Å². The van der Waals surface area contributed by atoms with Crippen LogP contribution in [0.5, 0.6) is 5.88 Å². The molecule has 7 heteroatoms. The molecule has 23 heavy (non-hydrogen) atoms. The number of nitrogens with one attached hydrogen (secondary N) is 2. The lowest BCUT2D eigenvalue weighted by atomic mass is 10.1. The van der Waals surface area contributed by atoms with E-state index in [1.54, 1.807) is 43.6 Å². The van der Waals surface area contributed by atoms with Crippen LogP contribution in [0.2, 0.25) is 0 Å². The number of primary amides is 1. The number of rotatable bonds is 6. The van der Waals surface area contributed by atoms with Crippen molar-refractivity contribution in [3.8, 4) is 5.88 Å². The lowest BCUT2D eigenvalue weighted by Gasteiger charge is -2.08. The largest absolute Gasteiger partial charge is 0.481 e. The molecule has 0 bridgehead atoms. The van der Waals surface area contributed by atoms with Gasteiger partial charge in [-0.2, -0.15) is 0 Å². The van der Waals surface area contributed by atoms with Crippen molar-refractivity contribution in [1.82, 2.24) is 15.6 Å². The number of hydrogen-bond acceptors (Lipinski definition) is 4. The lowest BCUT2D eigenvalue weighted by Crippen LogP contribution is -2.34. The van der Waals surface area contributed by atoms with Crippen molar-refractivity contribution in [2.75, 3.05) is 7.11 Å². The third-order valence-corrected chi connectivity index (χ3v) is 3.12. The quantitative estimate of drug-likeness (QED) is 0.744. The van der Waals surface area contributed by atoms with Gasteiger partial charge in [0.2, 0.25) is 11.8 Å². The number of amides is 3. The van der Waals surface area contributed by atoms with Gasteiger partial charge >= 0.3 is 6.03 Å². The fourth-order valence-electron chi connectivity index (χ4n) is 1.90. The van der Waals surface area contributed by atoms with Gasteiger partial charge < -0.3 is 21.1 Å². The van der Waals surface area contributed by atoms with Crippen LogP contribution >= 0.6 is 0 Å². The Morgan fingerprint density at radius 2 is 1.87 bits per heavy atom. The molecule has 0 saturated carbocycles. The van der Waals surface area contributed by atoms with E-state index >= 15 is 0 Å². The highest BCUT2D eigenvalue weighted by atomic mass is 16.5. The molecular weight excluding hydrogens is 296 g/mol. The number of carbonyl (C=O) groups excluding carboxylic acids is 2. The minimum absolute atomic E-state index is 0.299. The van der Waals surface area contributed by atoms with E-state index in [-0.39, 0.29) is 6.03 Å². The van der Waals surface area contributed by atoms with Crippen molar-refractivity contribution in [3.63, 3.8) is 0 Å². The van der Waals surface area contributed by atoms with Crippen molar-refractivity contribution >= 4 is 11.9 Å². The Hall–Kier alpha value is -3.09. The summed E-state index contributed by atoms with van der Waals surface area (Å²) in [6, 6.07) is 10.0. The Bertz CT molecular complexity index is 686. The second-order valence-corrected chi connectivity index (χ2v) is 4.81. The van der Waals surface area contributed by atoms with Gasteiger partial charge in [0.1, 0.15) is 0 Å². The lowest BCUT2D eigenvalue weighted by molar-refractivity contribution is 0.1000. The van der Waals surface area contributed by atoms with Crippen LogP contribution < -0.4 is 21.1 Å². The van der Waals surface area contributed by atoms with Crippen LogP contribution in [0.3, 0.4) is 0 Å². The van der Waals surface area contributed by atoms with E-state index in [4.69, 9.17) is 10.5 Å². The number of ether oxygens (including phenoxy) is 1. The summed E-state index contributed by atoms with van der Waals surface area (Å²) in [4.78, 5) is 26.9. The van der Waals surface area contributed by atoms with Gasteiger partial charge in [0.05, 0.1) is 7.11 Å². The average molecular weight is 314 g/mol. The fourth-order valence-corrected chi connectivity index (χ4v) is 1.90. The molecule has 0 radical (unpaired) electrons. The number of benzene rings is 1. The number of aromatic nitrogens is 1. The molecule has 1 heterocycles. The topological polar surface area (TPSA) is 106 Å². The number of nitrogens with zero attached hydrogens (tertiary/aromatic N) is 1. The van der Waals surface area contributed by atoms with E-state index in [0.29, 0.717) is 24.5 Å². The van der Waals surface area contributed by atoms with Crippen molar-refractivity contribution in [3.05, 3.63) is 59.3 Å². The molecular formula is C16H18N4O3. The zero-order valence-corrected chi connectivity index (χ0v) is 12.7. The highest BCUT2D eigenvalue weighted by molar-refractivity contribution is 5.92. The Morgan fingerprint density at radius 3 is 2.48 bits per heavy atom. The second kappa shape index (κ2) is 7.79. The zero-order chi connectivity index (χ0) is 16.7. The first kappa shape index (κ1) is 16.3. The summed E-state index contributed by atoms with van der Waals surface area (Å²) in [5, 5.41) is 5.43. The van der Waals surface area contributed by atoms with Gasteiger partial charge in [-0.3, -0.25) is 4.79 Å². The standard InChI is InChI=1S/C16H18N4O3/c1-23-14-6-5-12(9-18-14)10-20-16(22)19-8-11-3-2-4-13(7-11)15(17)21/h2-7,9H,8,10H2,1H3,(H2,17,21)(H2,19,20,22). The molecule has 120 valence electrons. The molecule has 1 aromatic heterocycles. The summed E-state index contributed by atoms with van der Waals surface area (Å²) >= 11 is 0. The van der Waals surface area contributed by atoms with Crippen LogP contribution in [0.1, 0.15) is 21.5 Å². The molecule has 0 saturated heterocycles. The molecule has 0 aliphatic carbocycles. The van der Waals surface area contributed by atoms with Crippen LogP contribution in [-0.2, 0) is 13.1 Å². The Morgan fingerprint density at radius 1 is 1.13 bits per heavy atom. The van der Waals surface area contributed by atoms with E-state index in [1.807, 2.05) is 6.07 Å². The number of methoxy groups -OCH3 is 1. The highest BCUT2D eigenvalue weighted by Crippen LogP contribution is 2.06. The molecule has 3 amide bonds. The number of carbonyl (C=O) groups is 2. The zero-order valence-electron chi connectivity index (χ0n) is 12.7. The predicted octanol–water partition coefficient (Wildman–Crippen LogP) is 1.19. The second-order valence-electron chi connectivity index (χ2n) is 4.81. The van der Waals surface area contributed by atoms with Crippen molar-refractivity contribution in [1.29, 1.82) is 0 Å². The molecule has 4 N–H and O–H groups in total. The predicted molar refractivity (Wildman–Crippen MR) is 84.8 cm³/mol. The molecule has 1 aromatic carbocycles. The van der Waals surface area contributed by atoms with Crippen LogP contribution in [0.25, 0.3) is 0 Å². The molecule has 2 rings (SSSR count). The SMILES string of the molecule is COc1ccc(CNC(=O)NCc2cccc(C(N)=O)c2)cn1. The molecule has 0 atom stereocenters. The Kier molecular flexibility index (Phi) is 5.51. The minimum atomic E-state index is -0.497. The Labute approximate surface area is 133 Å². The molecule has 0 unspecified atom stereocenters. The minimum Gasteiger partial charge on any atom is -0.481 e. The van der Waals surface area contributed by atoms with Crippen LogP contribution in [0.4, 0.5) is 4.79 Å². The maximum absolute atomic E-state index is 11.8.